The molecule has 44 heavy (non-hydrogen) atoms. The van der Waals surface area contributed by atoms with Gasteiger partial charge in [-0.2, -0.15) is 0 Å². The molecular formula is C32H30N4O8. The summed E-state index contributed by atoms with van der Waals surface area (Å²) >= 11 is 0. The number of benzene rings is 4. The van der Waals surface area contributed by atoms with Gasteiger partial charge in [-0.1, -0.05) is 24.3 Å². The number of aliphatic imine (C=N–C) groups is 2. The number of hydrogen-bond donors (Lipinski definition) is 0. The Balaban J connectivity index is 1.39. The Morgan fingerprint density at radius 3 is 1.18 bits per heavy atom. The molecule has 0 aliphatic rings. The zero-order chi connectivity index (χ0) is 31.6. The summed E-state index contributed by atoms with van der Waals surface area (Å²) in [5.74, 6) is 1.28. The van der Waals surface area contributed by atoms with Crippen LogP contribution in [0.2, 0.25) is 0 Å². The molecule has 226 valence electrons. The van der Waals surface area contributed by atoms with Crippen molar-refractivity contribution in [2.24, 2.45) is 9.98 Å². The lowest BCUT2D eigenvalue weighted by molar-refractivity contribution is -0.385. The molecule has 0 N–H and O–H groups in total. The molecule has 0 radical (unpaired) electrons. The fourth-order valence-electron chi connectivity index (χ4n) is 4.37. The number of rotatable bonds is 13. The number of hydrogen-bond acceptors (Lipinski definition) is 10. The molecule has 4 rings (SSSR count). The van der Waals surface area contributed by atoms with E-state index in [-0.39, 0.29) is 22.9 Å². The van der Waals surface area contributed by atoms with E-state index >= 15 is 0 Å². The van der Waals surface area contributed by atoms with E-state index in [1.165, 1.54) is 65.1 Å². The van der Waals surface area contributed by atoms with Crippen LogP contribution in [0.1, 0.15) is 22.3 Å². The Labute approximate surface area is 253 Å². The Morgan fingerprint density at radius 2 is 0.886 bits per heavy atom. The van der Waals surface area contributed by atoms with Gasteiger partial charge >= 0.3 is 0 Å². The van der Waals surface area contributed by atoms with Gasteiger partial charge in [0.2, 0.25) is 0 Å². The van der Waals surface area contributed by atoms with E-state index in [2.05, 4.69) is 9.98 Å². The maximum absolute atomic E-state index is 11.5. The normalized spacial score (nSPS) is 11.1. The Morgan fingerprint density at radius 1 is 0.568 bits per heavy atom. The topological polar surface area (TPSA) is 148 Å². The van der Waals surface area contributed by atoms with Crippen molar-refractivity contribution in [3.05, 3.63) is 115 Å². The standard InChI is InChI=1S/C32H30N4O8/c1-41-29-15-23(27(35(37)38)17-31(29)43-3)19-33-25-11-7-21(8-12-25)5-6-22-9-13-26(14-10-22)34-20-24-16-30(42-2)32(44-4)18-28(24)36(39)40/h7-20H,5-6H2,1-4H3. The average Bonchev–Trinajstić information content (AvgIpc) is 3.05. The highest BCUT2D eigenvalue weighted by molar-refractivity contribution is 5.89. The van der Waals surface area contributed by atoms with Crippen LogP contribution in [0.4, 0.5) is 22.7 Å². The molecule has 0 unspecified atom stereocenters. The van der Waals surface area contributed by atoms with Gasteiger partial charge in [-0.25, -0.2) is 0 Å². The van der Waals surface area contributed by atoms with Gasteiger partial charge < -0.3 is 18.9 Å². The van der Waals surface area contributed by atoms with Gasteiger partial charge in [0.1, 0.15) is 0 Å². The summed E-state index contributed by atoms with van der Waals surface area (Å²) in [6.45, 7) is 0. The minimum atomic E-state index is -0.490. The SMILES string of the molecule is COc1cc(C=Nc2ccc(CCc3ccc(N=Cc4cc(OC)c(OC)cc4[N+](=O)[O-])cc3)cc2)c([N+](=O)[O-])cc1OC. The zero-order valence-corrected chi connectivity index (χ0v) is 24.6. The summed E-state index contributed by atoms with van der Waals surface area (Å²) in [6, 6.07) is 20.9. The zero-order valence-electron chi connectivity index (χ0n) is 24.6. The third-order valence-electron chi connectivity index (χ3n) is 6.74. The molecule has 0 saturated heterocycles. The van der Waals surface area contributed by atoms with Crippen molar-refractivity contribution in [1.82, 2.24) is 0 Å². The van der Waals surface area contributed by atoms with Crippen molar-refractivity contribution in [2.45, 2.75) is 12.8 Å². The van der Waals surface area contributed by atoms with Gasteiger partial charge in [0.25, 0.3) is 11.4 Å². The molecule has 0 fully saturated rings. The van der Waals surface area contributed by atoms with Crippen LogP contribution in [0.3, 0.4) is 0 Å². The number of nitro benzene ring substituents is 2. The molecule has 0 amide bonds. The molecule has 0 bridgehead atoms. The predicted octanol–water partition coefficient (Wildman–Crippen LogP) is 6.82. The van der Waals surface area contributed by atoms with E-state index in [0.717, 1.165) is 24.0 Å². The van der Waals surface area contributed by atoms with Gasteiger partial charge in [0.15, 0.2) is 23.0 Å². The first-order valence-corrected chi connectivity index (χ1v) is 13.3. The van der Waals surface area contributed by atoms with Crippen molar-refractivity contribution in [3.63, 3.8) is 0 Å². The van der Waals surface area contributed by atoms with Crippen LogP contribution in [-0.4, -0.2) is 50.7 Å². The maximum atomic E-state index is 11.5. The van der Waals surface area contributed by atoms with Crippen LogP contribution in [0.15, 0.2) is 82.8 Å². The molecular weight excluding hydrogens is 568 g/mol. The van der Waals surface area contributed by atoms with Crippen molar-refractivity contribution in [2.75, 3.05) is 28.4 Å². The summed E-state index contributed by atoms with van der Waals surface area (Å²) in [5.41, 5.74) is 3.82. The van der Waals surface area contributed by atoms with E-state index in [0.29, 0.717) is 34.0 Å². The fraction of sp³-hybridized carbons (Fsp3) is 0.188. The number of nitrogens with zero attached hydrogens (tertiary/aromatic N) is 4. The van der Waals surface area contributed by atoms with Gasteiger partial charge in [-0.15, -0.1) is 0 Å². The van der Waals surface area contributed by atoms with Crippen molar-refractivity contribution < 1.29 is 28.8 Å². The summed E-state index contributed by atoms with van der Waals surface area (Å²) in [7, 11) is 5.76. The van der Waals surface area contributed by atoms with Crippen molar-refractivity contribution in [1.29, 1.82) is 0 Å². The van der Waals surface area contributed by atoms with Crippen molar-refractivity contribution in [3.8, 4) is 23.0 Å². The minimum Gasteiger partial charge on any atom is -0.493 e. The molecule has 0 spiro atoms. The Kier molecular flexibility index (Phi) is 10.2. The second-order valence-electron chi connectivity index (χ2n) is 9.40. The highest BCUT2D eigenvalue weighted by atomic mass is 16.6. The third kappa shape index (κ3) is 7.53. The molecule has 0 atom stereocenters. The van der Waals surface area contributed by atoms with Gasteiger partial charge in [-0.05, 0) is 60.4 Å². The Hall–Kier alpha value is -5.78. The van der Waals surface area contributed by atoms with Crippen LogP contribution >= 0.6 is 0 Å². The van der Waals surface area contributed by atoms with Crippen LogP contribution in [0, 0.1) is 20.2 Å². The number of aryl methyl sites for hydroxylation is 2. The molecule has 4 aromatic carbocycles. The lowest BCUT2D eigenvalue weighted by Crippen LogP contribution is -1.98. The summed E-state index contributed by atoms with van der Waals surface area (Å²) in [4.78, 5) is 30.9. The fourth-order valence-corrected chi connectivity index (χ4v) is 4.37. The van der Waals surface area contributed by atoms with Gasteiger partial charge in [-0.3, -0.25) is 30.2 Å². The number of methoxy groups -OCH3 is 4. The highest BCUT2D eigenvalue weighted by Gasteiger charge is 2.19. The predicted molar refractivity (Wildman–Crippen MR) is 167 cm³/mol. The first-order chi connectivity index (χ1) is 21.3. The van der Waals surface area contributed by atoms with Crippen LogP contribution in [-0.2, 0) is 12.8 Å². The lowest BCUT2D eigenvalue weighted by Gasteiger charge is -2.08. The maximum Gasteiger partial charge on any atom is 0.282 e. The van der Waals surface area contributed by atoms with Crippen LogP contribution in [0.5, 0.6) is 23.0 Å². The Bertz CT molecular complexity index is 1570. The summed E-state index contributed by atoms with van der Waals surface area (Å²) < 4.78 is 20.8. The minimum absolute atomic E-state index is 0.137. The molecule has 0 aliphatic carbocycles. The summed E-state index contributed by atoms with van der Waals surface area (Å²) in [5, 5.41) is 23.1. The first kappa shape index (κ1) is 31.2. The quantitative estimate of drug-likeness (QED) is 0.0924. The smallest absolute Gasteiger partial charge is 0.282 e. The molecule has 0 aliphatic heterocycles. The molecule has 0 saturated carbocycles. The summed E-state index contributed by atoms with van der Waals surface area (Å²) in [6.07, 6.45) is 4.43. The monoisotopic (exact) mass is 598 g/mol. The molecule has 0 heterocycles. The van der Waals surface area contributed by atoms with Crippen LogP contribution in [0.25, 0.3) is 0 Å². The number of ether oxygens (including phenoxy) is 4. The third-order valence-corrected chi connectivity index (χ3v) is 6.74. The highest BCUT2D eigenvalue weighted by Crippen LogP contribution is 2.35. The molecule has 4 aromatic rings. The lowest BCUT2D eigenvalue weighted by atomic mass is 10.0. The average molecular weight is 599 g/mol. The van der Waals surface area contributed by atoms with Crippen LogP contribution < -0.4 is 18.9 Å². The van der Waals surface area contributed by atoms with E-state index in [4.69, 9.17) is 18.9 Å². The van der Waals surface area contributed by atoms with Crippen molar-refractivity contribution >= 4 is 35.2 Å². The second kappa shape index (κ2) is 14.4. The largest absolute Gasteiger partial charge is 0.493 e. The van der Waals surface area contributed by atoms with E-state index in [9.17, 15) is 20.2 Å². The van der Waals surface area contributed by atoms with E-state index in [1.54, 1.807) is 0 Å². The number of nitro groups is 2. The molecule has 0 aromatic heterocycles. The van der Waals surface area contributed by atoms with Gasteiger partial charge in [0, 0.05) is 12.4 Å². The second-order valence-corrected chi connectivity index (χ2v) is 9.40. The van der Waals surface area contributed by atoms with E-state index in [1.807, 2.05) is 48.5 Å². The van der Waals surface area contributed by atoms with Gasteiger partial charge in [0.05, 0.1) is 72.9 Å². The molecule has 12 nitrogen and oxygen atoms in total. The van der Waals surface area contributed by atoms with E-state index < -0.39 is 9.85 Å². The molecule has 12 heteroatoms. The first-order valence-electron chi connectivity index (χ1n) is 13.3.